The molecule has 1 aromatic rings. The maximum Gasteiger partial charge on any atom is 0.249 e. The first kappa shape index (κ1) is 21.5. The topological polar surface area (TPSA) is 49.4 Å². The summed E-state index contributed by atoms with van der Waals surface area (Å²) in [4.78, 5) is 27.7. The number of amides is 2. The van der Waals surface area contributed by atoms with Gasteiger partial charge in [0, 0.05) is 6.54 Å². The molecule has 4 heteroatoms. The first-order chi connectivity index (χ1) is 12.8. The Morgan fingerprint density at radius 2 is 1.74 bits per heavy atom. The van der Waals surface area contributed by atoms with Crippen molar-refractivity contribution >= 4 is 11.8 Å². The number of rotatable bonds is 10. The third-order valence-electron chi connectivity index (χ3n) is 5.74. The summed E-state index contributed by atoms with van der Waals surface area (Å²) in [7, 11) is 0. The summed E-state index contributed by atoms with van der Waals surface area (Å²) in [6, 6.07) is 9.93. The van der Waals surface area contributed by atoms with Gasteiger partial charge >= 0.3 is 0 Å². The van der Waals surface area contributed by atoms with Crippen molar-refractivity contribution < 1.29 is 9.59 Å². The van der Waals surface area contributed by atoms with E-state index >= 15 is 0 Å². The van der Waals surface area contributed by atoms with Crippen molar-refractivity contribution in [1.82, 2.24) is 10.2 Å². The second-order valence-electron chi connectivity index (χ2n) is 8.79. The molecular weight excluding hydrogens is 336 g/mol. The van der Waals surface area contributed by atoms with Gasteiger partial charge in [0.25, 0.3) is 0 Å². The SMILES string of the molecule is CCCCC(C)(C)CCC1(CCC)NC(=O)CN(Cc2ccccc2)C1=O. The molecule has 1 aromatic carbocycles. The molecule has 1 aliphatic rings. The third-order valence-corrected chi connectivity index (χ3v) is 5.74. The van der Waals surface area contributed by atoms with Crippen molar-refractivity contribution in [3.05, 3.63) is 35.9 Å². The molecule has 2 rings (SSSR count). The zero-order chi connectivity index (χ0) is 19.9. The van der Waals surface area contributed by atoms with Crippen LogP contribution in [0.4, 0.5) is 0 Å². The van der Waals surface area contributed by atoms with Crippen LogP contribution in [0.25, 0.3) is 0 Å². The second kappa shape index (κ2) is 9.38. The van der Waals surface area contributed by atoms with E-state index in [1.165, 1.54) is 12.8 Å². The van der Waals surface area contributed by atoms with Gasteiger partial charge in [-0.05, 0) is 36.7 Å². The summed E-state index contributed by atoms with van der Waals surface area (Å²) >= 11 is 0. The average molecular weight is 373 g/mol. The number of benzene rings is 1. The second-order valence-corrected chi connectivity index (χ2v) is 8.79. The minimum atomic E-state index is -0.748. The average Bonchev–Trinajstić information content (AvgIpc) is 2.64. The van der Waals surface area contributed by atoms with Gasteiger partial charge in [0.1, 0.15) is 5.54 Å². The summed E-state index contributed by atoms with van der Waals surface area (Å²) in [6.07, 6.45) is 6.78. The molecule has 0 aliphatic carbocycles. The minimum Gasteiger partial charge on any atom is -0.340 e. The van der Waals surface area contributed by atoms with Crippen LogP contribution in [0.15, 0.2) is 30.3 Å². The Bertz CT molecular complexity index is 627. The third kappa shape index (κ3) is 5.82. The highest BCUT2D eigenvalue weighted by molar-refractivity contribution is 5.98. The van der Waals surface area contributed by atoms with Gasteiger partial charge in [0.2, 0.25) is 11.8 Å². The predicted octanol–water partition coefficient (Wildman–Crippen LogP) is 4.68. The van der Waals surface area contributed by atoms with E-state index in [-0.39, 0.29) is 23.8 Å². The summed E-state index contributed by atoms with van der Waals surface area (Å²) in [6.45, 7) is 9.50. The molecule has 1 N–H and O–H groups in total. The van der Waals surface area contributed by atoms with Crippen LogP contribution in [0.5, 0.6) is 0 Å². The maximum absolute atomic E-state index is 13.4. The molecule has 0 radical (unpaired) electrons. The van der Waals surface area contributed by atoms with Crippen LogP contribution < -0.4 is 5.32 Å². The first-order valence-corrected chi connectivity index (χ1v) is 10.5. The molecule has 0 aromatic heterocycles. The highest BCUT2D eigenvalue weighted by Crippen LogP contribution is 2.35. The van der Waals surface area contributed by atoms with Crippen LogP contribution in [0.2, 0.25) is 0 Å². The van der Waals surface area contributed by atoms with Crippen LogP contribution in [-0.4, -0.2) is 28.8 Å². The molecule has 1 fully saturated rings. The number of hydrogen-bond donors (Lipinski definition) is 1. The van der Waals surface area contributed by atoms with E-state index in [9.17, 15) is 9.59 Å². The van der Waals surface area contributed by atoms with E-state index in [1.807, 2.05) is 30.3 Å². The number of piperazine rings is 1. The lowest BCUT2D eigenvalue weighted by atomic mass is 9.76. The fourth-order valence-corrected chi connectivity index (χ4v) is 4.06. The molecule has 1 saturated heterocycles. The molecule has 2 amide bonds. The zero-order valence-electron chi connectivity index (χ0n) is 17.5. The number of nitrogens with zero attached hydrogens (tertiary/aromatic N) is 1. The fourth-order valence-electron chi connectivity index (χ4n) is 4.06. The normalized spacial score (nSPS) is 20.7. The smallest absolute Gasteiger partial charge is 0.249 e. The highest BCUT2D eigenvalue weighted by Gasteiger charge is 2.46. The van der Waals surface area contributed by atoms with E-state index < -0.39 is 5.54 Å². The molecule has 27 heavy (non-hydrogen) atoms. The lowest BCUT2D eigenvalue weighted by molar-refractivity contribution is -0.151. The molecule has 1 unspecified atom stereocenters. The van der Waals surface area contributed by atoms with E-state index in [1.54, 1.807) is 4.90 Å². The van der Waals surface area contributed by atoms with Crippen molar-refractivity contribution in [1.29, 1.82) is 0 Å². The Balaban J connectivity index is 2.16. The van der Waals surface area contributed by atoms with E-state index in [2.05, 4.69) is 33.0 Å². The van der Waals surface area contributed by atoms with Gasteiger partial charge in [0.05, 0.1) is 6.54 Å². The predicted molar refractivity (Wildman–Crippen MR) is 110 cm³/mol. The standard InChI is InChI=1S/C23H36N2O2/c1-5-7-14-22(3,4)15-16-23(13-6-2)21(27)25(18-20(26)24-23)17-19-11-9-8-10-12-19/h8-12H,5-7,13-18H2,1-4H3,(H,24,26). The van der Waals surface area contributed by atoms with Crippen LogP contribution in [0.3, 0.4) is 0 Å². The number of carbonyl (C=O) groups is 2. The molecule has 0 bridgehead atoms. The van der Waals surface area contributed by atoms with Crippen molar-refractivity contribution in [2.24, 2.45) is 5.41 Å². The fraction of sp³-hybridized carbons (Fsp3) is 0.652. The Morgan fingerprint density at radius 3 is 2.37 bits per heavy atom. The molecule has 0 spiro atoms. The largest absolute Gasteiger partial charge is 0.340 e. The lowest BCUT2D eigenvalue weighted by Crippen LogP contribution is -2.66. The highest BCUT2D eigenvalue weighted by atomic mass is 16.2. The Kier molecular flexibility index (Phi) is 7.46. The number of hydrogen-bond acceptors (Lipinski definition) is 2. The molecule has 4 nitrogen and oxygen atoms in total. The van der Waals surface area contributed by atoms with E-state index in [0.717, 1.165) is 24.8 Å². The molecule has 1 atom stereocenters. The van der Waals surface area contributed by atoms with Crippen LogP contribution >= 0.6 is 0 Å². The molecule has 0 saturated carbocycles. The summed E-state index contributed by atoms with van der Waals surface area (Å²) in [5.74, 6) is 0.0458. The van der Waals surface area contributed by atoms with Gasteiger partial charge in [-0.3, -0.25) is 9.59 Å². The molecule has 150 valence electrons. The number of nitrogens with one attached hydrogen (secondary N) is 1. The van der Waals surface area contributed by atoms with Gasteiger partial charge in [-0.1, -0.05) is 77.3 Å². The molecule has 1 aliphatic heterocycles. The minimum absolute atomic E-state index is 0.0367. The monoisotopic (exact) mass is 372 g/mol. The Labute approximate surface area is 164 Å². The van der Waals surface area contributed by atoms with Crippen LogP contribution in [0, 0.1) is 5.41 Å². The Morgan fingerprint density at radius 1 is 1.04 bits per heavy atom. The van der Waals surface area contributed by atoms with Crippen molar-refractivity contribution in [2.45, 2.75) is 84.7 Å². The summed E-state index contributed by atoms with van der Waals surface area (Å²) in [5.41, 5.74) is 0.500. The van der Waals surface area contributed by atoms with Gasteiger partial charge in [0.15, 0.2) is 0 Å². The van der Waals surface area contributed by atoms with Gasteiger partial charge in [-0.15, -0.1) is 0 Å². The Hall–Kier alpha value is -1.84. The van der Waals surface area contributed by atoms with Crippen LogP contribution in [-0.2, 0) is 16.1 Å². The number of unbranched alkanes of at least 4 members (excludes halogenated alkanes) is 1. The van der Waals surface area contributed by atoms with E-state index in [4.69, 9.17) is 0 Å². The zero-order valence-corrected chi connectivity index (χ0v) is 17.5. The van der Waals surface area contributed by atoms with Gasteiger partial charge in [-0.25, -0.2) is 0 Å². The molecular formula is C23H36N2O2. The first-order valence-electron chi connectivity index (χ1n) is 10.5. The molecule has 1 heterocycles. The lowest BCUT2D eigenvalue weighted by Gasteiger charge is -2.43. The van der Waals surface area contributed by atoms with Crippen molar-refractivity contribution in [2.75, 3.05) is 6.54 Å². The quantitative estimate of drug-likeness (QED) is 0.648. The van der Waals surface area contributed by atoms with Gasteiger partial charge < -0.3 is 10.2 Å². The van der Waals surface area contributed by atoms with Gasteiger partial charge in [-0.2, -0.15) is 0 Å². The number of carbonyl (C=O) groups excluding carboxylic acids is 2. The maximum atomic E-state index is 13.4. The summed E-state index contributed by atoms with van der Waals surface area (Å²) in [5, 5.41) is 3.09. The van der Waals surface area contributed by atoms with Crippen molar-refractivity contribution in [3.63, 3.8) is 0 Å². The van der Waals surface area contributed by atoms with E-state index in [0.29, 0.717) is 19.4 Å². The van der Waals surface area contributed by atoms with Crippen molar-refractivity contribution in [3.8, 4) is 0 Å². The van der Waals surface area contributed by atoms with Crippen LogP contribution in [0.1, 0.15) is 78.2 Å². The summed E-state index contributed by atoms with van der Waals surface area (Å²) < 4.78 is 0.